The number of imide groups is 1. The zero-order valence-corrected chi connectivity index (χ0v) is 23.2. The first-order valence-corrected chi connectivity index (χ1v) is 14.6. The molecule has 0 spiro atoms. The van der Waals surface area contributed by atoms with E-state index in [4.69, 9.17) is 9.47 Å². The van der Waals surface area contributed by atoms with Crippen LogP contribution in [0.25, 0.3) is 6.08 Å². The van der Waals surface area contributed by atoms with Crippen LogP contribution in [0.3, 0.4) is 0 Å². The normalized spacial score (nSPS) is 28.3. The number of thioether (sulfide) groups is 1. The lowest BCUT2D eigenvalue weighted by Gasteiger charge is -2.57. The van der Waals surface area contributed by atoms with Crippen molar-refractivity contribution in [1.29, 1.82) is 0 Å². The average molecular weight is 547 g/mol. The molecule has 7 nitrogen and oxygen atoms in total. The summed E-state index contributed by atoms with van der Waals surface area (Å²) in [4.78, 5) is 39.9. The molecule has 0 atom stereocenters. The number of methoxy groups -OCH3 is 1. The smallest absolute Gasteiger partial charge is 0.294 e. The molecular formula is C31H34N2O5S. The van der Waals surface area contributed by atoms with Crippen molar-refractivity contribution >= 4 is 40.6 Å². The van der Waals surface area contributed by atoms with Crippen molar-refractivity contribution < 1.29 is 23.9 Å². The molecule has 7 rings (SSSR count). The van der Waals surface area contributed by atoms with E-state index in [9.17, 15) is 14.4 Å². The summed E-state index contributed by atoms with van der Waals surface area (Å²) in [5.74, 6) is 2.95. The number of anilines is 1. The van der Waals surface area contributed by atoms with Crippen LogP contribution in [0.15, 0.2) is 47.4 Å². The molecule has 0 radical (unpaired) electrons. The van der Waals surface area contributed by atoms with Crippen molar-refractivity contribution in [2.24, 2.45) is 17.8 Å². The Morgan fingerprint density at radius 1 is 1.05 bits per heavy atom. The predicted molar refractivity (Wildman–Crippen MR) is 152 cm³/mol. The first-order valence-electron chi connectivity index (χ1n) is 13.8. The highest BCUT2D eigenvalue weighted by Gasteiger charge is 2.51. The van der Waals surface area contributed by atoms with E-state index in [1.54, 1.807) is 37.5 Å². The second kappa shape index (κ2) is 10.4. The number of rotatable bonds is 8. The average Bonchev–Trinajstić information content (AvgIpc) is 3.16. The van der Waals surface area contributed by atoms with E-state index >= 15 is 0 Å². The quantitative estimate of drug-likeness (QED) is 0.395. The van der Waals surface area contributed by atoms with Gasteiger partial charge in [-0.15, -0.1) is 0 Å². The summed E-state index contributed by atoms with van der Waals surface area (Å²) in [6, 6.07) is 13.3. The maximum absolute atomic E-state index is 13.2. The summed E-state index contributed by atoms with van der Waals surface area (Å²) < 4.78 is 11.1. The second-order valence-corrected chi connectivity index (χ2v) is 12.4. The number of nitrogens with one attached hydrogen (secondary N) is 1. The van der Waals surface area contributed by atoms with Crippen molar-refractivity contribution in [3.8, 4) is 11.5 Å². The minimum atomic E-state index is -0.464. The van der Waals surface area contributed by atoms with Gasteiger partial charge in [0.1, 0.15) is 18.0 Å². The summed E-state index contributed by atoms with van der Waals surface area (Å²) >= 11 is 0.863. The fraction of sp³-hybridized carbons (Fsp3) is 0.452. The molecule has 1 heterocycles. The molecule has 3 amide bonds. The van der Waals surface area contributed by atoms with E-state index in [1.165, 1.54) is 44.1 Å². The Labute approximate surface area is 233 Å². The van der Waals surface area contributed by atoms with Gasteiger partial charge in [0.05, 0.1) is 18.6 Å². The molecule has 1 saturated heterocycles. The van der Waals surface area contributed by atoms with Gasteiger partial charge in [0.15, 0.2) is 0 Å². The lowest BCUT2D eigenvalue weighted by Crippen LogP contribution is -2.48. The van der Waals surface area contributed by atoms with Crippen molar-refractivity contribution in [3.05, 3.63) is 58.5 Å². The molecule has 8 heteroatoms. The van der Waals surface area contributed by atoms with E-state index in [-0.39, 0.29) is 12.0 Å². The van der Waals surface area contributed by atoms with Gasteiger partial charge in [-0.05, 0) is 128 Å². The van der Waals surface area contributed by atoms with Gasteiger partial charge in [0.25, 0.3) is 11.1 Å². The van der Waals surface area contributed by atoms with Crippen molar-refractivity contribution in [2.45, 2.75) is 50.9 Å². The Morgan fingerprint density at radius 3 is 2.33 bits per heavy atom. The van der Waals surface area contributed by atoms with Gasteiger partial charge in [-0.1, -0.05) is 6.07 Å². The summed E-state index contributed by atoms with van der Waals surface area (Å²) in [5, 5.41) is 2.29. The molecule has 2 aromatic rings. The number of ether oxygens (including phenoxy) is 2. The molecule has 204 valence electrons. The third-order valence-electron chi connectivity index (χ3n) is 8.79. The maximum atomic E-state index is 13.2. The molecule has 1 aliphatic heterocycles. The lowest BCUT2D eigenvalue weighted by atomic mass is 9.48. The third kappa shape index (κ3) is 5.07. The van der Waals surface area contributed by atoms with Crippen LogP contribution in [0.5, 0.6) is 11.5 Å². The second-order valence-electron chi connectivity index (χ2n) is 11.4. The van der Waals surface area contributed by atoms with Crippen LogP contribution in [0.4, 0.5) is 10.5 Å². The van der Waals surface area contributed by atoms with Gasteiger partial charge in [0, 0.05) is 11.3 Å². The highest BCUT2D eigenvalue weighted by atomic mass is 32.2. The Morgan fingerprint density at radius 2 is 1.72 bits per heavy atom. The van der Waals surface area contributed by atoms with Crippen LogP contribution >= 0.6 is 11.8 Å². The standard InChI is InChI=1S/C31H34N2O5S/c1-3-38-25-7-5-24(6-8-25)32-28(34)18-33-29(35)27(39-30(33)36)14-22-13-23(4-9-26(22)37-2)31-15-19-10-20(16-31)12-21(11-19)17-31/h4-9,13-14,19-21H,3,10-12,15-18H2,1-2H3,(H,32,34)/b27-14+. The highest BCUT2D eigenvalue weighted by molar-refractivity contribution is 8.18. The van der Waals surface area contributed by atoms with Crippen LogP contribution < -0.4 is 14.8 Å². The molecule has 0 unspecified atom stereocenters. The minimum Gasteiger partial charge on any atom is -0.496 e. The van der Waals surface area contributed by atoms with Crippen LogP contribution in [0.1, 0.15) is 56.6 Å². The fourth-order valence-electron chi connectivity index (χ4n) is 7.56. The zero-order chi connectivity index (χ0) is 27.1. The maximum Gasteiger partial charge on any atom is 0.294 e. The molecule has 1 N–H and O–H groups in total. The molecule has 2 aromatic carbocycles. The van der Waals surface area contributed by atoms with Crippen molar-refractivity contribution in [3.63, 3.8) is 0 Å². The van der Waals surface area contributed by atoms with Gasteiger partial charge in [0.2, 0.25) is 5.91 Å². The van der Waals surface area contributed by atoms with Crippen LogP contribution in [0.2, 0.25) is 0 Å². The first kappa shape index (κ1) is 26.0. The topological polar surface area (TPSA) is 84.9 Å². The SMILES string of the molecule is CCOc1ccc(NC(=O)CN2C(=O)S/C(=C/c3cc(C45CC6CC(CC(C6)C4)C5)ccc3OC)C2=O)cc1. The minimum absolute atomic E-state index is 0.210. The van der Waals surface area contributed by atoms with E-state index in [1.807, 2.05) is 13.0 Å². The van der Waals surface area contributed by atoms with Crippen molar-refractivity contribution in [2.75, 3.05) is 25.6 Å². The molecular weight excluding hydrogens is 512 g/mol. The Kier molecular flexibility index (Phi) is 6.91. The Balaban J connectivity index is 1.19. The lowest BCUT2D eigenvalue weighted by molar-refractivity contribution is -0.127. The van der Waals surface area contributed by atoms with Gasteiger partial charge in [-0.25, -0.2) is 0 Å². The Bertz CT molecular complexity index is 1300. The molecule has 4 aliphatic carbocycles. The Hall–Kier alpha value is -3.26. The molecule has 5 fully saturated rings. The van der Waals surface area contributed by atoms with Crippen LogP contribution in [0, 0.1) is 17.8 Å². The molecule has 39 heavy (non-hydrogen) atoms. The van der Waals surface area contributed by atoms with Gasteiger partial charge < -0.3 is 14.8 Å². The van der Waals surface area contributed by atoms with Crippen LogP contribution in [-0.4, -0.2) is 42.2 Å². The van der Waals surface area contributed by atoms with Crippen LogP contribution in [-0.2, 0) is 15.0 Å². The zero-order valence-electron chi connectivity index (χ0n) is 22.4. The number of benzene rings is 2. The summed E-state index contributed by atoms with van der Waals surface area (Å²) in [6.45, 7) is 2.10. The molecule has 4 saturated carbocycles. The van der Waals surface area contributed by atoms with Crippen molar-refractivity contribution in [1.82, 2.24) is 4.90 Å². The molecule has 0 aromatic heterocycles. The van der Waals surface area contributed by atoms with E-state index in [2.05, 4.69) is 17.4 Å². The highest BCUT2D eigenvalue weighted by Crippen LogP contribution is 2.61. The third-order valence-corrected chi connectivity index (χ3v) is 9.70. The van der Waals surface area contributed by atoms with E-state index in [0.29, 0.717) is 28.7 Å². The number of hydrogen-bond acceptors (Lipinski definition) is 6. The van der Waals surface area contributed by atoms with E-state index < -0.39 is 17.1 Å². The van der Waals surface area contributed by atoms with E-state index in [0.717, 1.165) is 40.0 Å². The summed E-state index contributed by atoms with van der Waals surface area (Å²) in [7, 11) is 1.62. The first-order chi connectivity index (χ1) is 18.9. The molecule has 4 bridgehead atoms. The molecule has 5 aliphatic rings. The fourth-order valence-corrected chi connectivity index (χ4v) is 8.39. The largest absolute Gasteiger partial charge is 0.496 e. The summed E-state index contributed by atoms with van der Waals surface area (Å²) in [5.41, 5.74) is 2.90. The van der Waals surface area contributed by atoms with Gasteiger partial charge in [-0.3, -0.25) is 19.3 Å². The van der Waals surface area contributed by atoms with Gasteiger partial charge in [-0.2, -0.15) is 0 Å². The number of carbonyl (C=O) groups is 3. The number of nitrogens with zero attached hydrogens (tertiary/aromatic N) is 1. The number of hydrogen-bond donors (Lipinski definition) is 1. The van der Waals surface area contributed by atoms with Gasteiger partial charge >= 0.3 is 0 Å². The number of carbonyl (C=O) groups excluding carboxylic acids is 3. The number of amides is 3. The predicted octanol–water partition coefficient (Wildman–Crippen LogP) is 6.24. The monoisotopic (exact) mass is 546 g/mol. The summed E-state index contributed by atoms with van der Waals surface area (Å²) in [6.07, 6.45) is 9.60.